The van der Waals surface area contributed by atoms with Gasteiger partial charge in [-0.1, -0.05) is 22.0 Å². The monoisotopic (exact) mass is 324 g/mol. The summed E-state index contributed by atoms with van der Waals surface area (Å²) in [7, 11) is 1.89. The van der Waals surface area contributed by atoms with Crippen LogP contribution in [0, 0.1) is 0 Å². The van der Waals surface area contributed by atoms with E-state index in [0.29, 0.717) is 13.2 Å². The molecular weight excluding hydrogens is 308 g/mol. The minimum atomic E-state index is 0.488. The van der Waals surface area contributed by atoms with E-state index in [2.05, 4.69) is 21.0 Å². The van der Waals surface area contributed by atoms with Crippen LogP contribution >= 0.6 is 15.9 Å². The Balaban J connectivity index is 2.10. The maximum Gasteiger partial charge on any atom is 0.161 e. The highest BCUT2D eigenvalue weighted by atomic mass is 79.9. The third-order valence-electron chi connectivity index (χ3n) is 2.61. The molecule has 5 heteroatoms. The molecule has 4 nitrogen and oxygen atoms in total. The quantitative estimate of drug-likeness (QED) is 0.765. The van der Waals surface area contributed by atoms with Crippen LogP contribution in [0.15, 0.2) is 30.6 Å². The Morgan fingerprint density at radius 2 is 2.05 bits per heavy atom. The zero-order valence-electron chi connectivity index (χ0n) is 11.1. The van der Waals surface area contributed by atoms with E-state index in [4.69, 9.17) is 9.47 Å². The number of aryl methyl sites for hydroxylation is 1. The predicted octanol–water partition coefficient (Wildman–Crippen LogP) is 3.29. The third-order valence-corrected chi connectivity index (χ3v) is 3.26. The average molecular weight is 325 g/mol. The largest absolute Gasteiger partial charge is 0.490 e. The smallest absolute Gasteiger partial charge is 0.161 e. The molecule has 1 heterocycles. The highest BCUT2D eigenvalue weighted by molar-refractivity contribution is 9.08. The van der Waals surface area contributed by atoms with Crippen molar-refractivity contribution >= 4 is 15.9 Å². The fourth-order valence-corrected chi connectivity index (χ4v) is 2.08. The number of hydrogen-bond acceptors (Lipinski definition) is 3. The maximum absolute atomic E-state index is 5.79. The Kier molecular flexibility index (Phi) is 4.85. The number of nitrogens with zero attached hydrogens (tertiary/aromatic N) is 2. The lowest BCUT2D eigenvalue weighted by Gasteiger charge is -2.12. The Morgan fingerprint density at radius 3 is 2.68 bits per heavy atom. The van der Waals surface area contributed by atoms with Crippen LogP contribution in [0.1, 0.15) is 18.1 Å². The molecule has 2 aromatic rings. The van der Waals surface area contributed by atoms with Gasteiger partial charge in [-0.05, 0) is 24.6 Å². The van der Waals surface area contributed by atoms with Gasteiger partial charge in [-0.25, -0.2) is 0 Å². The molecule has 0 aliphatic rings. The van der Waals surface area contributed by atoms with Crippen molar-refractivity contribution in [2.75, 3.05) is 6.61 Å². The van der Waals surface area contributed by atoms with Gasteiger partial charge in [0.1, 0.15) is 6.61 Å². The minimum Gasteiger partial charge on any atom is -0.490 e. The number of alkyl halides is 1. The number of ether oxygens (including phenoxy) is 2. The minimum absolute atomic E-state index is 0.488. The van der Waals surface area contributed by atoms with Crippen LogP contribution in [0.2, 0.25) is 0 Å². The van der Waals surface area contributed by atoms with Gasteiger partial charge >= 0.3 is 0 Å². The van der Waals surface area contributed by atoms with Crippen LogP contribution in [0.4, 0.5) is 0 Å². The zero-order chi connectivity index (χ0) is 13.7. The molecule has 1 aromatic carbocycles. The molecule has 0 atom stereocenters. The van der Waals surface area contributed by atoms with Crippen molar-refractivity contribution in [1.29, 1.82) is 0 Å². The number of halogens is 1. The molecule has 0 radical (unpaired) electrons. The summed E-state index contributed by atoms with van der Waals surface area (Å²) < 4.78 is 13.2. The van der Waals surface area contributed by atoms with E-state index in [1.54, 1.807) is 10.9 Å². The van der Waals surface area contributed by atoms with Crippen molar-refractivity contribution in [3.05, 3.63) is 41.7 Å². The standard InChI is InChI=1S/C14H17BrN2O2/c1-3-18-14-6-11(7-15)4-5-13(14)19-10-12-8-16-17(2)9-12/h4-6,8-9H,3,7,10H2,1-2H3. The van der Waals surface area contributed by atoms with Gasteiger partial charge in [0.15, 0.2) is 11.5 Å². The van der Waals surface area contributed by atoms with Crippen molar-refractivity contribution in [3.63, 3.8) is 0 Å². The number of aromatic nitrogens is 2. The number of benzene rings is 1. The first-order chi connectivity index (χ1) is 9.22. The Labute approximate surface area is 121 Å². The Morgan fingerprint density at radius 1 is 1.21 bits per heavy atom. The second kappa shape index (κ2) is 6.61. The summed E-state index contributed by atoms with van der Waals surface area (Å²) in [5.74, 6) is 1.54. The van der Waals surface area contributed by atoms with E-state index in [0.717, 1.165) is 28.0 Å². The van der Waals surface area contributed by atoms with Gasteiger partial charge < -0.3 is 9.47 Å². The van der Waals surface area contributed by atoms with Crippen LogP contribution in [0.3, 0.4) is 0 Å². The van der Waals surface area contributed by atoms with Crippen molar-refractivity contribution in [2.24, 2.45) is 7.05 Å². The van der Waals surface area contributed by atoms with E-state index in [9.17, 15) is 0 Å². The van der Waals surface area contributed by atoms with Crippen LogP contribution in [0.5, 0.6) is 11.5 Å². The van der Waals surface area contributed by atoms with Gasteiger partial charge in [0.25, 0.3) is 0 Å². The zero-order valence-corrected chi connectivity index (χ0v) is 12.7. The summed E-state index contributed by atoms with van der Waals surface area (Å²) in [6.07, 6.45) is 3.74. The topological polar surface area (TPSA) is 36.3 Å². The summed E-state index contributed by atoms with van der Waals surface area (Å²) in [6, 6.07) is 5.96. The van der Waals surface area contributed by atoms with Crippen molar-refractivity contribution in [1.82, 2.24) is 9.78 Å². The second-order valence-corrected chi connectivity index (χ2v) is 4.72. The first-order valence-corrected chi connectivity index (χ1v) is 7.27. The summed E-state index contributed by atoms with van der Waals surface area (Å²) in [5.41, 5.74) is 2.20. The second-order valence-electron chi connectivity index (χ2n) is 4.16. The van der Waals surface area contributed by atoms with E-state index >= 15 is 0 Å². The molecular formula is C14H17BrN2O2. The molecule has 0 saturated carbocycles. The molecule has 0 unspecified atom stereocenters. The van der Waals surface area contributed by atoms with Crippen LogP contribution in [-0.4, -0.2) is 16.4 Å². The average Bonchev–Trinajstić information content (AvgIpc) is 2.83. The Hall–Kier alpha value is -1.49. The molecule has 0 N–H and O–H groups in total. The molecule has 0 saturated heterocycles. The highest BCUT2D eigenvalue weighted by Gasteiger charge is 2.07. The van der Waals surface area contributed by atoms with Crippen molar-refractivity contribution in [3.8, 4) is 11.5 Å². The first-order valence-electron chi connectivity index (χ1n) is 6.15. The molecule has 19 heavy (non-hydrogen) atoms. The van der Waals surface area contributed by atoms with Gasteiger partial charge in [-0.2, -0.15) is 5.10 Å². The summed E-state index contributed by atoms with van der Waals surface area (Å²) in [5, 5.41) is 4.92. The SMILES string of the molecule is CCOc1cc(CBr)ccc1OCc1cnn(C)c1. The van der Waals surface area contributed by atoms with E-state index in [1.807, 2.05) is 38.4 Å². The summed E-state index contributed by atoms with van der Waals surface area (Å²) in [4.78, 5) is 0. The Bertz CT molecular complexity index is 540. The lowest BCUT2D eigenvalue weighted by Crippen LogP contribution is -1.99. The van der Waals surface area contributed by atoms with Crippen molar-refractivity contribution < 1.29 is 9.47 Å². The third kappa shape index (κ3) is 3.73. The molecule has 0 bridgehead atoms. The van der Waals surface area contributed by atoms with Crippen LogP contribution in [-0.2, 0) is 19.0 Å². The predicted molar refractivity (Wildman–Crippen MR) is 77.8 cm³/mol. The van der Waals surface area contributed by atoms with Gasteiger partial charge in [-0.3, -0.25) is 4.68 Å². The molecule has 0 aliphatic carbocycles. The maximum atomic E-state index is 5.79. The number of rotatable bonds is 6. The molecule has 0 spiro atoms. The normalized spacial score (nSPS) is 10.5. The number of hydrogen-bond donors (Lipinski definition) is 0. The van der Waals surface area contributed by atoms with Crippen LogP contribution in [0.25, 0.3) is 0 Å². The molecule has 102 valence electrons. The lowest BCUT2D eigenvalue weighted by atomic mass is 10.2. The van der Waals surface area contributed by atoms with E-state index in [-0.39, 0.29) is 0 Å². The van der Waals surface area contributed by atoms with Crippen molar-refractivity contribution in [2.45, 2.75) is 18.9 Å². The van der Waals surface area contributed by atoms with E-state index in [1.165, 1.54) is 0 Å². The van der Waals surface area contributed by atoms with E-state index < -0.39 is 0 Å². The molecule has 0 aliphatic heterocycles. The van der Waals surface area contributed by atoms with Gasteiger partial charge in [-0.15, -0.1) is 0 Å². The van der Waals surface area contributed by atoms with Gasteiger partial charge in [0.2, 0.25) is 0 Å². The first kappa shape index (κ1) is 13.9. The van der Waals surface area contributed by atoms with Crippen LogP contribution < -0.4 is 9.47 Å². The van der Waals surface area contributed by atoms with Gasteiger partial charge in [0, 0.05) is 24.1 Å². The summed E-state index contributed by atoms with van der Waals surface area (Å²) >= 11 is 3.44. The van der Waals surface area contributed by atoms with Gasteiger partial charge in [0.05, 0.1) is 12.8 Å². The lowest BCUT2D eigenvalue weighted by molar-refractivity contribution is 0.269. The molecule has 2 rings (SSSR count). The fourth-order valence-electron chi connectivity index (χ4n) is 1.73. The molecule has 0 amide bonds. The fraction of sp³-hybridized carbons (Fsp3) is 0.357. The highest BCUT2D eigenvalue weighted by Crippen LogP contribution is 2.29. The molecule has 0 fully saturated rings. The molecule has 1 aromatic heterocycles. The summed E-state index contributed by atoms with van der Waals surface area (Å²) in [6.45, 7) is 3.07.